The Morgan fingerprint density at radius 1 is 1.35 bits per heavy atom. The van der Waals surface area contributed by atoms with E-state index in [0.717, 1.165) is 0 Å². The number of nitrogens with one attached hydrogen (secondary N) is 1. The Morgan fingerprint density at radius 3 is 2.40 bits per heavy atom. The number of thiazole rings is 1. The largest absolute Gasteiger partial charge is 0.369 e. The third-order valence-electron chi connectivity index (χ3n) is 2.64. The van der Waals surface area contributed by atoms with Crippen molar-refractivity contribution in [2.24, 2.45) is 0 Å². The molecule has 1 N–H and O–H groups in total. The molecule has 20 heavy (non-hydrogen) atoms. The molecule has 0 radical (unpaired) electrons. The Bertz CT molecular complexity index is 621. The van der Waals surface area contributed by atoms with Crippen LogP contribution in [0.1, 0.15) is 18.9 Å². The average Bonchev–Trinajstić information content (AvgIpc) is 2.88. The highest BCUT2D eigenvalue weighted by molar-refractivity contribution is 7.09. The topological polar surface area (TPSA) is 68.1 Å². The number of non-ortho nitro benzene ring substituents is 1. The highest BCUT2D eigenvalue weighted by atomic mass is 32.1. The first kappa shape index (κ1) is 14.3. The van der Waals surface area contributed by atoms with Crippen LogP contribution >= 0.6 is 11.3 Å². The van der Waals surface area contributed by atoms with Gasteiger partial charge in [-0.1, -0.05) is 0 Å². The molecule has 1 heterocycles. The highest BCUT2D eigenvalue weighted by Crippen LogP contribution is 2.31. The predicted octanol–water partition coefficient (Wildman–Crippen LogP) is 3.68. The smallest absolute Gasteiger partial charge is 0.275 e. The van der Waals surface area contributed by atoms with Crippen molar-refractivity contribution < 1.29 is 13.7 Å². The third-order valence-corrected chi connectivity index (χ3v) is 3.74. The first-order valence-corrected chi connectivity index (χ1v) is 6.51. The molecule has 1 aromatic carbocycles. The van der Waals surface area contributed by atoms with Gasteiger partial charge in [0.05, 0.1) is 22.6 Å². The van der Waals surface area contributed by atoms with Gasteiger partial charge >= 0.3 is 0 Å². The number of aromatic nitrogens is 1. The van der Waals surface area contributed by atoms with Crippen molar-refractivity contribution in [1.29, 1.82) is 0 Å². The molecule has 5 nitrogen and oxygen atoms in total. The molecule has 0 spiro atoms. The lowest BCUT2D eigenvalue weighted by Crippen LogP contribution is -2.28. The van der Waals surface area contributed by atoms with Crippen molar-refractivity contribution in [3.8, 4) is 0 Å². The van der Waals surface area contributed by atoms with Gasteiger partial charge in [-0.25, -0.2) is 13.8 Å². The van der Waals surface area contributed by atoms with E-state index >= 15 is 0 Å². The SMILES string of the molecule is CC(C)(Nc1c(F)cc([N+](=O)[O-])cc1F)c1nccs1. The normalized spacial score (nSPS) is 11.4. The Hall–Kier alpha value is -2.09. The Kier molecular flexibility index (Phi) is 3.67. The maximum Gasteiger partial charge on any atom is 0.275 e. The summed E-state index contributed by atoms with van der Waals surface area (Å²) in [7, 11) is 0. The molecule has 0 fully saturated rings. The molecule has 0 aliphatic carbocycles. The highest BCUT2D eigenvalue weighted by Gasteiger charge is 2.27. The second-order valence-corrected chi connectivity index (χ2v) is 5.52. The lowest BCUT2D eigenvalue weighted by Gasteiger charge is -2.25. The van der Waals surface area contributed by atoms with Crippen LogP contribution in [0, 0.1) is 21.7 Å². The number of hydrogen-bond donors (Lipinski definition) is 1. The van der Waals surface area contributed by atoms with Gasteiger partial charge in [-0.3, -0.25) is 10.1 Å². The summed E-state index contributed by atoms with van der Waals surface area (Å²) < 4.78 is 27.6. The summed E-state index contributed by atoms with van der Waals surface area (Å²) in [4.78, 5) is 13.8. The molecule has 0 amide bonds. The van der Waals surface area contributed by atoms with Crippen molar-refractivity contribution in [3.63, 3.8) is 0 Å². The van der Waals surface area contributed by atoms with Crippen LogP contribution in [0.3, 0.4) is 0 Å². The zero-order valence-corrected chi connectivity index (χ0v) is 11.5. The molecule has 0 saturated carbocycles. The summed E-state index contributed by atoms with van der Waals surface area (Å²) in [5.41, 5.74) is -1.83. The number of benzene rings is 1. The summed E-state index contributed by atoms with van der Waals surface area (Å²) in [6, 6.07) is 1.37. The molecule has 0 saturated heterocycles. The van der Waals surface area contributed by atoms with E-state index in [-0.39, 0.29) is 0 Å². The van der Waals surface area contributed by atoms with Gasteiger partial charge in [0.1, 0.15) is 10.7 Å². The van der Waals surface area contributed by atoms with Gasteiger partial charge in [0.25, 0.3) is 5.69 Å². The molecule has 106 valence electrons. The first-order valence-electron chi connectivity index (χ1n) is 5.63. The summed E-state index contributed by atoms with van der Waals surface area (Å²) in [5, 5.41) is 15.6. The monoisotopic (exact) mass is 299 g/mol. The molecule has 2 aromatic rings. The number of anilines is 1. The third kappa shape index (κ3) is 2.74. The molecule has 2 rings (SSSR count). The predicted molar refractivity (Wildman–Crippen MR) is 71.8 cm³/mol. The quantitative estimate of drug-likeness (QED) is 0.690. The van der Waals surface area contributed by atoms with Gasteiger partial charge in [0.2, 0.25) is 0 Å². The lowest BCUT2D eigenvalue weighted by atomic mass is 10.1. The fraction of sp³-hybridized carbons (Fsp3) is 0.250. The molecular formula is C12H11F2N3O2S. The van der Waals surface area contributed by atoms with Gasteiger partial charge in [-0.05, 0) is 13.8 Å². The van der Waals surface area contributed by atoms with E-state index in [9.17, 15) is 18.9 Å². The van der Waals surface area contributed by atoms with Crippen LogP contribution in [0.2, 0.25) is 0 Å². The van der Waals surface area contributed by atoms with Crippen LogP contribution in [0.15, 0.2) is 23.7 Å². The summed E-state index contributed by atoms with van der Waals surface area (Å²) in [5.74, 6) is -2.03. The van der Waals surface area contributed by atoms with E-state index in [2.05, 4.69) is 10.3 Å². The fourth-order valence-electron chi connectivity index (χ4n) is 1.68. The zero-order chi connectivity index (χ0) is 14.9. The van der Waals surface area contributed by atoms with Gasteiger partial charge in [-0.15, -0.1) is 11.3 Å². The summed E-state index contributed by atoms with van der Waals surface area (Å²) >= 11 is 1.34. The molecule has 0 aliphatic rings. The molecular weight excluding hydrogens is 288 g/mol. The Labute approximate surface area is 117 Å². The van der Waals surface area contributed by atoms with Crippen LogP contribution in [-0.2, 0) is 5.54 Å². The maximum absolute atomic E-state index is 13.8. The standard InChI is InChI=1S/C12H11F2N3O2S/c1-12(2,11-15-3-4-20-11)16-10-8(13)5-7(17(18)19)6-9(10)14/h3-6,16H,1-2H3. The molecule has 0 bridgehead atoms. The minimum Gasteiger partial charge on any atom is -0.369 e. The van der Waals surface area contributed by atoms with Gasteiger partial charge < -0.3 is 5.32 Å². The van der Waals surface area contributed by atoms with E-state index in [1.54, 1.807) is 25.4 Å². The number of nitrogens with zero attached hydrogens (tertiary/aromatic N) is 2. The van der Waals surface area contributed by atoms with Crippen LogP contribution in [0.5, 0.6) is 0 Å². The summed E-state index contributed by atoms with van der Waals surface area (Å²) in [6.45, 7) is 3.43. The minimum atomic E-state index is -1.01. The molecule has 0 aliphatic heterocycles. The van der Waals surface area contributed by atoms with Gasteiger partial charge in [0.15, 0.2) is 11.6 Å². The van der Waals surface area contributed by atoms with Crippen molar-refractivity contribution in [1.82, 2.24) is 4.98 Å². The van der Waals surface area contributed by atoms with E-state index in [0.29, 0.717) is 17.1 Å². The van der Waals surface area contributed by atoms with Crippen LogP contribution in [0.4, 0.5) is 20.2 Å². The second-order valence-electron chi connectivity index (χ2n) is 4.63. The Morgan fingerprint density at radius 2 is 1.95 bits per heavy atom. The molecule has 0 atom stereocenters. The number of rotatable bonds is 4. The fourth-order valence-corrected chi connectivity index (χ4v) is 2.40. The lowest BCUT2D eigenvalue weighted by molar-refractivity contribution is -0.385. The van der Waals surface area contributed by atoms with Crippen molar-refractivity contribution in [2.45, 2.75) is 19.4 Å². The van der Waals surface area contributed by atoms with E-state index < -0.39 is 33.5 Å². The number of halogens is 2. The van der Waals surface area contributed by atoms with Crippen molar-refractivity contribution in [2.75, 3.05) is 5.32 Å². The number of nitro benzene ring substituents is 1. The van der Waals surface area contributed by atoms with E-state index in [1.807, 2.05) is 0 Å². The molecule has 8 heteroatoms. The number of nitro groups is 1. The Balaban J connectivity index is 2.37. The van der Waals surface area contributed by atoms with Crippen LogP contribution < -0.4 is 5.32 Å². The van der Waals surface area contributed by atoms with Crippen LogP contribution in [0.25, 0.3) is 0 Å². The van der Waals surface area contributed by atoms with Crippen molar-refractivity contribution in [3.05, 3.63) is 50.5 Å². The molecule has 1 aromatic heterocycles. The van der Waals surface area contributed by atoms with Crippen molar-refractivity contribution >= 4 is 22.7 Å². The maximum atomic E-state index is 13.8. The average molecular weight is 299 g/mol. The minimum absolute atomic E-state index is 0.407. The van der Waals surface area contributed by atoms with Crippen LogP contribution in [-0.4, -0.2) is 9.91 Å². The van der Waals surface area contributed by atoms with Gasteiger partial charge in [0, 0.05) is 11.6 Å². The van der Waals surface area contributed by atoms with Gasteiger partial charge in [-0.2, -0.15) is 0 Å². The zero-order valence-electron chi connectivity index (χ0n) is 10.7. The molecule has 0 unspecified atom stereocenters. The second kappa shape index (κ2) is 5.12. The number of hydrogen-bond acceptors (Lipinski definition) is 5. The summed E-state index contributed by atoms with van der Waals surface area (Å²) in [6.07, 6.45) is 1.59. The first-order chi connectivity index (χ1) is 9.31. The van der Waals surface area contributed by atoms with E-state index in [4.69, 9.17) is 0 Å². The van der Waals surface area contributed by atoms with E-state index in [1.165, 1.54) is 11.3 Å².